The molecule has 0 radical (unpaired) electrons. The number of carbonyl (C=O) groups excluding carboxylic acids is 1. The first kappa shape index (κ1) is 18.4. The molecular weight excluding hydrogens is 351 g/mol. The highest BCUT2D eigenvalue weighted by molar-refractivity contribution is 5.73. The third kappa shape index (κ3) is 4.43. The molecule has 1 atom stereocenters. The van der Waals surface area contributed by atoms with Crippen LogP contribution in [-0.4, -0.2) is 46.4 Å². The summed E-state index contributed by atoms with van der Waals surface area (Å²) < 4.78 is 45.9. The molecule has 2 aromatic heterocycles. The number of hydrogen-bond acceptors (Lipinski definition) is 4. The van der Waals surface area contributed by atoms with Gasteiger partial charge >= 0.3 is 12.2 Å². The van der Waals surface area contributed by atoms with Crippen LogP contribution in [0.15, 0.2) is 18.3 Å². The van der Waals surface area contributed by atoms with Gasteiger partial charge in [-0.25, -0.2) is 14.8 Å². The number of ether oxygens (including phenoxy) is 1. The summed E-state index contributed by atoms with van der Waals surface area (Å²) in [7, 11) is 0. The monoisotopic (exact) mass is 371 g/mol. The number of carbonyl (C=O) groups is 1. The molecule has 1 unspecified atom stereocenters. The number of halogens is 3. The summed E-state index contributed by atoms with van der Waals surface area (Å²) in [5.41, 5.74) is 0.379. The van der Waals surface area contributed by atoms with E-state index >= 15 is 0 Å². The number of rotatable bonds is 6. The molecule has 1 aliphatic rings. The summed E-state index contributed by atoms with van der Waals surface area (Å²) in [6.07, 6.45) is -0.870. The van der Waals surface area contributed by atoms with Gasteiger partial charge in [-0.2, -0.15) is 13.2 Å². The second kappa shape index (κ2) is 7.90. The molecule has 2 amide bonds. The smallest absolute Gasteiger partial charge is 0.376 e. The summed E-state index contributed by atoms with van der Waals surface area (Å²) >= 11 is 0. The van der Waals surface area contributed by atoms with E-state index in [1.807, 2.05) is 0 Å². The van der Waals surface area contributed by atoms with Gasteiger partial charge in [0.2, 0.25) is 5.82 Å². The van der Waals surface area contributed by atoms with Crippen molar-refractivity contribution in [1.82, 2.24) is 25.2 Å². The van der Waals surface area contributed by atoms with Crippen LogP contribution in [-0.2, 0) is 17.5 Å². The fourth-order valence-electron chi connectivity index (χ4n) is 2.90. The fourth-order valence-corrected chi connectivity index (χ4v) is 2.90. The molecule has 0 spiro atoms. The summed E-state index contributed by atoms with van der Waals surface area (Å²) in [6, 6.07) is 2.68. The number of nitrogens with zero attached hydrogens (tertiary/aromatic N) is 3. The maximum atomic E-state index is 13.2. The third-order valence-corrected chi connectivity index (χ3v) is 4.12. The SMILES string of the molecule is O=C(NCCCn1c(C(F)(F)F)nc2cccnc21)NCC1CCCO1. The summed E-state index contributed by atoms with van der Waals surface area (Å²) in [5, 5.41) is 5.33. The van der Waals surface area contributed by atoms with Crippen molar-refractivity contribution in [3.8, 4) is 0 Å². The molecule has 0 aromatic carbocycles. The Morgan fingerprint density at radius 3 is 2.96 bits per heavy atom. The van der Waals surface area contributed by atoms with Gasteiger partial charge in [-0.1, -0.05) is 0 Å². The molecule has 10 heteroatoms. The van der Waals surface area contributed by atoms with E-state index in [0.717, 1.165) is 17.4 Å². The van der Waals surface area contributed by atoms with E-state index in [-0.39, 0.29) is 36.4 Å². The van der Waals surface area contributed by atoms with Gasteiger partial charge in [-0.3, -0.25) is 0 Å². The number of aryl methyl sites for hydroxylation is 1. The lowest BCUT2D eigenvalue weighted by atomic mass is 10.2. The molecule has 2 N–H and O–H groups in total. The van der Waals surface area contributed by atoms with Crippen LogP contribution in [0.3, 0.4) is 0 Å². The Balaban J connectivity index is 1.52. The third-order valence-electron chi connectivity index (χ3n) is 4.12. The van der Waals surface area contributed by atoms with E-state index in [4.69, 9.17) is 4.74 Å². The Hall–Kier alpha value is -2.36. The molecular formula is C16H20F3N5O2. The van der Waals surface area contributed by atoms with Gasteiger partial charge in [0.05, 0.1) is 6.10 Å². The summed E-state index contributed by atoms with van der Waals surface area (Å²) in [5.74, 6) is -0.978. The maximum Gasteiger partial charge on any atom is 0.449 e. The van der Waals surface area contributed by atoms with Gasteiger partial charge < -0.3 is 19.9 Å². The predicted octanol–water partition coefficient (Wildman–Crippen LogP) is 2.32. The number of alkyl halides is 3. The molecule has 2 aromatic rings. The molecule has 1 saturated heterocycles. The van der Waals surface area contributed by atoms with Crippen LogP contribution in [0.25, 0.3) is 11.2 Å². The zero-order valence-electron chi connectivity index (χ0n) is 14.1. The molecule has 3 heterocycles. The number of imidazole rings is 1. The zero-order valence-corrected chi connectivity index (χ0v) is 14.1. The van der Waals surface area contributed by atoms with Gasteiger partial charge in [-0.15, -0.1) is 0 Å². The van der Waals surface area contributed by atoms with E-state index in [1.54, 1.807) is 6.07 Å². The van der Waals surface area contributed by atoms with Crippen molar-refractivity contribution >= 4 is 17.2 Å². The van der Waals surface area contributed by atoms with Crippen LogP contribution in [0.5, 0.6) is 0 Å². The first-order chi connectivity index (χ1) is 12.4. The lowest BCUT2D eigenvalue weighted by molar-refractivity contribution is -0.147. The normalized spacial score (nSPS) is 17.6. The Labute approximate surface area is 147 Å². The number of fused-ring (bicyclic) bond motifs is 1. The lowest BCUT2D eigenvalue weighted by Gasteiger charge is -2.13. The van der Waals surface area contributed by atoms with Crippen LogP contribution in [0, 0.1) is 0 Å². The maximum absolute atomic E-state index is 13.2. The van der Waals surface area contributed by atoms with Crippen molar-refractivity contribution in [1.29, 1.82) is 0 Å². The summed E-state index contributed by atoms with van der Waals surface area (Å²) in [6.45, 7) is 1.43. The molecule has 7 nitrogen and oxygen atoms in total. The Morgan fingerprint density at radius 1 is 1.38 bits per heavy atom. The molecule has 1 aliphatic heterocycles. The minimum atomic E-state index is -4.56. The molecule has 142 valence electrons. The van der Waals surface area contributed by atoms with E-state index in [9.17, 15) is 18.0 Å². The van der Waals surface area contributed by atoms with Crippen LogP contribution in [0.2, 0.25) is 0 Å². The Morgan fingerprint density at radius 2 is 2.23 bits per heavy atom. The van der Waals surface area contributed by atoms with E-state index in [2.05, 4.69) is 20.6 Å². The first-order valence-electron chi connectivity index (χ1n) is 8.47. The van der Waals surface area contributed by atoms with Gasteiger partial charge in [0.25, 0.3) is 0 Å². The molecule has 3 rings (SSSR count). The molecule has 0 bridgehead atoms. The molecule has 0 aliphatic carbocycles. The molecule has 26 heavy (non-hydrogen) atoms. The molecule has 1 fully saturated rings. The highest BCUT2D eigenvalue weighted by Crippen LogP contribution is 2.30. The van der Waals surface area contributed by atoms with Crippen molar-refractivity contribution in [2.75, 3.05) is 19.7 Å². The fraction of sp³-hybridized carbons (Fsp3) is 0.562. The quantitative estimate of drug-likeness (QED) is 0.764. The number of amides is 2. The first-order valence-corrected chi connectivity index (χ1v) is 8.47. The Kier molecular flexibility index (Phi) is 5.60. The largest absolute Gasteiger partial charge is 0.449 e. The number of hydrogen-bond donors (Lipinski definition) is 2. The predicted molar refractivity (Wildman–Crippen MR) is 87.5 cm³/mol. The second-order valence-electron chi connectivity index (χ2n) is 6.06. The van der Waals surface area contributed by atoms with E-state index in [1.165, 1.54) is 12.3 Å². The highest BCUT2D eigenvalue weighted by Gasteiger charge is 2.37. The van der Waals surface area contributed by atoms with Gasteiger partial charge in [-0.05, 0) is 31.4 Å². The van der Waals surface area contributed by atoms with Crippen molar-refractivity contribution in [3.05, 3.63) is 24.2 Å². The molecule has 0 saturated carbocycles. The van der Waals surface area contributed by atoms with Gasteiger partial charge in [0, 0.05) is 32.4 Å². The average Bonchev–Trinajstić information content (AvgIpc) is 3.24. The van der Waals surface area contributed by atoms with E-state index < -0.39 is 12.0 Å². The Bertz CT molecular complexity index is 756. The van der Waals surface area contributed by atoms with Crippen LogP contribution in [0.4, 0.5) is 18.0 Å². The second-order valence-corrected chi connectivity index (χ2v) is 6.06. The minimum absolute atomic E-state index is 0.0403. The number of aromatic nitrogens is 3. The van der Waals surface area contributed by atoms with Crippen molar-refractivity contribution in [2.24, 2.45) is 0 Å². The van der Waals surface area contributed by atoms with Crippen molar-refractivity contribution in [3.63, 3.8) is 0 Å². The standard InChI is InChI=1S/C16H20F3N5O2/c17-16(18,19)14-23-12-5-1-6-20-13(12)24(14)8-3-7-21-15(25)22-10-11-4-2-9-26-11/h1,5-6,11H,2-4,7-10H2,(H2,21,22,25). The number of nitrogens with one attached hydrogen (secondary N) is 2. The average molecular weight is 371 g/mol. The summed E-state index contributed by atoms with van der Waals surface area (Å²) in [4.78, 5) is 19.3. The van der Waals surface area contributed by atoms with Crippen LogP contribution in [0.1, 0.15) is 25.1 Å². The lowest BCUT2D eigenvalue weighted by Crippen LogP contribution is -2.40. The minimum Gasteiger partial charge on any atom is -0.376 e. The van der Waals surface area contributed by atoms with Crippen molar-refractivity contribution < 1.29 is 22.7 Å². The highest BCUT2D eigenvalue weighted by atomic mass is 19.4. The van der Waals surface area contributed by atoms with Gasteiger partial charge in [0.1, 0.15) is 5.52 Å². The number of urea groups is 1. The van der Waals surface area contributed by atoms with Gasteiger partial charge in [0.15, 0.2) is 5.65 Å². The van der Waals surface area contributed by atoms with Crippen molar-refractivity contribution in [2.45, 2.75) is 38.1 Å². The van der Waals surface area contributed by atoms with Crippen LogP contribution < -0.4 is 10.6 Å². The number of pyridine rings is 1. The van der Waals surface area contributed by atoms with Crippen LogP contribution >= 0.6 is 0 Å². The topological polar surface area (TPSA) is 81.1 Å². The zero-order chi connectivity index (χ0) is 18.6. The van der Waals surface area contributed by atoms with E-state index in [0.29, 0.717) is 19.6 Å².